The Kier molecular flexibility index (Phi) is 6.81. The van der Waals surface area contributed by atoms with Gasteiger partial charge in [-0.1, -0.05) is 37.5 Å². The fourth-order valence-corrected chi connectivity index (χ4v) is 4.14. The van der Waals surface area contributed by atoms with Crippen molar-refractivity contribution < 1.29 is 9.53 Å². The van der Waals surface area contributed by atoms with Crippen molar-refractivity contribution in [2.45, 2.75) is 77.0 Å². The van der Waals surface area contributed by atoms with Gasteiger partial charge in [0.15, 0.2) is 0 Å². The molecule has 0 atom stereocenters. The lowest BCUT2D eigenvalue weighted by atomic mass is 9.98. The third-order valence-electron chi connectivity index (χ3n) is 5.99. The van der Waals surface area contributed by atoms with Crippen molar-refractivity contribution in [3.05, 3.63) is 59.9 Å². The number of benzene rings is 1. The molecule has 0 aliphatic heterocycles. The number of hydrogen-bond acceptors (Lipinski definition) is 3. The molecule has 0 spiro atoms. The van der Waals surface area contributed by atoms with Crippen LogP contribution in [0.4, 0.5) is 0 Å². The standard InChI is InChI=1S/C25H32N2O2/c28-25(22-12-13-22)27(19-21-7-6-16-26-17-21)18-20-10-14-24(15-11-20)29-23-8-4-2-1-3-5-9-23/h6-7,10-11,14-17,22-23H,1-5,8-9,12-13,18-19H2. The quantitative estimate of drug-likeness (QED) is 0.624. The van der Waals surface area contributed by atoms with Gasteiger partial charge in [-0.25, -0.2) is 0 Å². The van der Waals surface area contributed by atoms with E-state index in [1.165, 1.54) is 32.1 Å². The largest absolute Gasteiger partial charge is 0.490 e. The van der Waals surface area contributed by atoms with Gasteiger partial charge in [-0.05, 0) is 67.9 Å². The number of rotatable bonds is 7. The van der Waals surface area contributed by atoms with Gasteiger partial charge in [-0.3, -0.25) is 9.78 Å². The van der Waals surface area contributed by atoms with Crippen LogP contribution in [0.2, 0.25) is 0 Å². The highest BCUT2D eigenvalue weighted by atomic mass is 16.5. The fourth-order valence-electron chi connectivity index (χ4n) is 4.14. The van der Waals surface area contributed by atoms with Crippen molar-refractivity contribution in [1.82, 2.24) is 9.88 Å². The van der Waals surface area contributed by atoms with E-state index in [1.807, 2.05) is 23.2 Å². The number of pyridine rings is 1. The summed E-state index contributed by atoms with van der Waals surface area (Å²) in [5, 5.41) is 0. The van der Waals surface area contributed by atoms with Crippen LogP contribution in [0.1, 0.15) is 68.9 Å². The molecule has 0 radical (unpaired) electrons. The maximum atomic E-state index is 12.8. The van der Waals surface area contributed by atoms with Crippen LogP contribution in [-0.4, -0.2) is 21.9 Å². The third kappa shape index (κ3) is 6.06. The molecule has 154 valence electrons. The summed E-state index contributed by atoms with van der Waals surface area (Å²) in [7, 11) is 0. The Morgan fingerprint density at radius 1 is 0.897 bits per heavy atom. The zero-order valence-electron chi connectivity index (χ0n) is 17.3. The summed E-state index contributed by atoms with van der Waals surface area (Å²) in [6, 6.07) is 12.3. The smallest absolute Gasteiger partial charge is 0.226 e. The second kappa shape index (κ2) is 9.91. The van der Waals surface area contributed by atoms with Crippen molar-refractivity contribution in [3.8, 4) is 5.75 Å². The minimum absolute atomic E-state index is 0.216. The van der Waals surface area contributed by atoms with Gasteiger partial charge in [0.25, 0.3) is 0 Å². The highest BCUT2D eigenvalue weighted by molar-refractivity contribution is 5.81. The molecule has 2 fully saturated rings. The average molecular weight is 393 g/mol. The Labute approximate surface area is 174 Å². The van der Waals surface area contributed by atoms with E-state index >= 15 is 0 Å². The number of amides is 1. The number of aromatic nitrogens is 1. The minimum Gasteiger partial charge on any atom is -0.490 e. The van der Waals surface area contributed by atoms with Gasteiger partial charge in [0.05, 0.1) is 6.10 Å². The Hall–Kier alpha value is -2.36. The highest BCUT2D eigenvalue weighted by Gasteiger charge is 2.33. The van der Waals surface area contributed by atoms with E-state index in [2.05, 4.69) is 29.2 Å². The molecule has 0 saturated heterocycles. The Morgan fingerprint density at radius 3 is 2.24 bits per heavy atom. The number of carbonyl (C=O) groups is 1. The summed E-state index contributed by atoms with van der Waals surface area (Å²) in [6.45, 7) is 1.25. The van der Waals surface area contributed by atoms with Crippen LogP contribution in [0.5, 0.6) is 5.75 Å². The van der Waals surface area contributed by atoms with E-state index in [1.54, 1.807) is 6.20 Å². The first-order chi connectivity index (χ1) is 14.3. The van der Waals surface area contributed by atoms with E-state index in [0.29, 0.717) is 19.2 Å². The van der Waals surface area contributed by atoms with Gasteiger partial charge in [-0.15, -0.1) is 0 Å². The second-order valence-electron chi connectivity index (χ2n) is 8.56. The first-order valence-corrected chi connectivity index (χ1v) is 11.2. The molecule has 0 bridgehead atoms. The molecule has 4 heteroatoms. The highest BCUT2D eigenvalue weighted by Crippen LogP contribution is 2.32. The number of hydrogen-bond donors (Lipinski definition) is 0. The normalized spacial score (nSPS) is 17.9. The molecule has 2 aliphatic rings. The molecule has 4 rings (SSSR count). The minimum atomic E-state index is 0.216. The molecule has 1 aromatic heterocycles. The van der Waals surface area contributed by atoms with E-state index in [4.69, 9.17) is 4.74 Å². The van der Waals surface area contributed by atoms with Gasteiger partial charge in [0.2, 0.25) is 5.91 Å². The lowest BCUT2D eigenvalue weighted by Crippen LogP contribution is -2.31. The first kappa shape index (κ1) is 19.9. The molecule has 1 heterocycles. The van der Waals surface area contributed by atoms with Crippen LogP contribution in [0, 0.1) is 5.92 Å². The monoisotopic (exact) mass is 392 g/mol. The van der Waals surface area contributed by atoms with Crippen molar-refractivity contribution in [2.24, 2.45) is 5.92 Å². The van der Waals surface area contributed by atoms with Crippen molar-refractivity contribution in [3.63, 3.8) is 0 Å². The summed E-state index contributed by atoms with van der Waals surface area (Å²) in [5.41, 5.74) is 2.22. The van der Waals surface area contributed by atoms with Crippen LogP contribution < -0.4 is 4.74 Å². The Morgan fingerprint density at radius 2 is 1.59 bits per heavy atom. The molecule has 1 aromatic carbocycles. The van der Waals surface area contributed by atoms with Crippen molar-refractivity contribution in [1.29, 1.82) is 0 Å². The predicted molar refractivity (Wildman–Crippen MR) is 114 cm³/mol. The number of nitrogens with zero attached hydrogens (tertiary/aromatic N) is 2. The molecule has 4 nitrogen and oxygen atoms in total. The lowest BCUT2D eigenvalue weighted by molar-refractivity contribution is -0.133. The predicted octanol–water partition coefficient (Wildman–Crippen LogP) is 5.51. The van der Waals surface area contributed by atoms with Gasteiger partial charge >= 0.3 is 0 Å². The molecule has 0 N–H and O–H groups in total. The molecule has 0 unspecified atom stereocenters. The van der Waals surface area contributed by atoms with Crippen LogP contribution in [-0.2, 0) is 17.9 Å². The average Bonchev–Trinajstić information content (AvgIpc) is 3.56. The molecule has 1 amide bonds. The molecular weight excluding hydrogens is 360 g/mol. The third-order valence-corrected chi connectivity index (χ3v) is 5.99. The van der Waals surface area contributed by atoms with Crippen LogP contribution in [0.25, 0.3) is 0 Å². The summed E-state index contributed by atoms with van der Waals surface area (Å²) in [5.74, 6) is 1.43. The summed E-state index contributed by atoms with van der Waals surface area (Å²) < 4.78 is 6.25. The van der Waals surface area contributed by atoms with Crippen LogP contribution >= 0.6 is 0 Å². The second-order valence-corrected chi connectivity index (χ2v) is 8.56. The maximum Gasteiger partial charge on any atom is 0.226 e. The Balaban J connectivity index is 1.37. The molecule has 2 aromatic rings. The zero-order chi connectivity index (χ0) is 19.9. The summed E-state index contributed by atoms with van der Waals surface area (Å²) in [4.78, 5) is 18.9. The lowest BCUT2D eigenvalue weighted by Gasteiger charge is -2.24. The Bertz CT molecular complexity index is 763. The number of carbonyl (C=O) groups excluding carboxylic acids is 1. The van der Waals surface area contributed by atoms with Crippen LogP contribution in [0.15, 0.2) is 48.8 Å². The van der Waals surface area contributed by atoms with Crippen molar-refractivity contribution >= 4 is 5.91 Å². The zero-order valence-corrected chi connectivity index (χ0v) is 17.3. The van der Waals surface area contributed by atoms with E-state index < -0.39 is 0 Å². The number of ether oxygens (including phenoxy) is 1. The molecule has 2 aliphatic carbocycles. The van der Waals surface area contributed by atoms with Gasteiger partial charge < -0.3 is 9.64 Å². The summed E-state index contributed by atoms with van der Waals surface area (Å²) in [6.07, 6.45) is 14.9. The van der Waals surface area contributed by atoms with Gasteiger partial charge in [0.1, 0.15) is 5.75 Å². The van der Waals surface area contributed by atoms with Crippen molar-refractivity contribution in [2.75, 3.05) is 0 Å². The van der Waals surface area contributed by atoms with E-state index in [0.717, 1.165) is 42.6 Å². The van der Waals surface area contributed by atoms with Crippen LogP contribution in [0.3, 0.4) is 0 Å². The van der Waals surface area contributed by atoms with Gasteiger partial charge in [0, 0.05) is 31.4 Å². The SMILES string of the molecule is O=C(C1CC1)N(Cc1ccc(OC2CCCCCCC2)cc1)Cc1cccnc1. The maximum absolute atomic E-state index is 12.8. The van der Waals surface area contributed by atoms with E-state index in [-0.39, 0.29) is 11.8 Å². The van der Waals surface area contributed by atoms with Gasteiger partial charge in [-0.2, -0.15) is 0 Å². The van der Waals surface area contributed by atoms with E-state index in [9.17, 15) is 4.79 Å². The summed E-state index contributed by atoms with van der Waals surface area (Å²) >= 11 is 0. The fraction of sp³-hybridized carbons (Fsp3) is 0.520. The molecule has 2 saturated carbocycles. The first-order valence-electron chi connectivity index (χ1n) is 11.2. The topological polar surface area (TPSA) is 42.4 Å². The molecule has 29 heavy (non-hydrogen) atoms. The molecular formula is C25H32N2O2.